The highest BCUT2D eigenvalue weighted by atomic mass is 16.4. The highest BCUT2D eigenvalue weighted by molar-refractivity contribution is 5.94. The van der Waals surface area contributed by atoms with Gasteiger partial charge in [0.05, 0.1) is 12.5 Å². The number of carboxylic acids is 1. The summed E-state index contributed by atoms with van der Waals surface area (Å²) in [5, 5.41) is 20.7. The van der Waals surface area contributed by atoms with Crippen LogP contribution in [0.1, 0.15) is 23.7 Å². The third-order valence-electron chi connectivity index (χ3n) is 2.24. The lowest BCUT2D eigenvalue weighted by atomic mass is 10.1. The maximum absolute atomic E-state index is 11.0. The number of ketones is 1. The van der Waals surface area contributed by atoms with Gasteiger partial charge in [0.2, 0.25) is 0 Å². The number of carbonyl (C=O) groups is 2. The van der Waals surface area contributed by atoms with Crippen LogP contribution in [0.5, 0.6) is 0 Å². The topological polar surface area (TPSA) is 86.6 Å². The second kappa shape index (κ2) is 6.00. The van der Waals surface area contributed by atoms with Crippen molar-refractivity contribution in [2.24, 2.45) is 0 Å². The van der Waals surface area contributed by atoms with Crippen LogP contribution in [0, 0.1) is 0 Å². The molecule has 1 unspecified atom stereocenters. The number of Topliss-reactive ketones (excluding diaryl/α,β-unsaturated/α-hetero) is 1. The molecule has 0 radical (unpaired) electrons. The SMILES string of the molecule is CC(=O)c1ccc(NCC(O)CC(=O)O)cc1. The minimum atomic E-state index is -1.04. The van der Waals surface area contributed by atoms with Crippen LogP contribution in [-0.2, 0) is 4.79 Å². The van der Waals surface area contributed by atoms with Gasteiger partial charge in [0, 0.05) is 17.8 Å². The van der Waals surface area contributed by atoms with Gasteiger partial charge in [-0.15, -0.1) is 0 Å². The molecule has 5 nitrogen and oxygen atoms in total. The fourth-order valence-corrected chi connectivity index (χ4v) is 1.33. The molecule has 0 aliphatic rings. The Balaban J connectivity index is 2.47. The van der Waals surface area contributed by atoms with E-state index in [1.807, 2.05) is 0 Å². The van der Waals surface area contributed by atoms with Gasteiger partial charge < -0.3 is 15.5 Å². The molecule has 0 aliphatic carbocycles. The summed E-state index contributed by atoms with van der Waals surface area (Å²) in [6.07, 6.45) is -1.22. The van der Waals surface area contributed by atoms with Gasteiger partial charge in [0.25, 0.3) is 0 Å². The van der Waals surface area contributed by atoms with Gasteiger partial charge in [-0.25, -0.2) is 0 Å². The molecule has 0 heterocycles. The summed E-state index contributed by atoms with van der Waals surface area (Å²) in [6.45, 7) is 1.64. The average Bonchev–Trinajstić information content (AvgIpc) is 2.26. The van der Waals surface area contributed by atoms with Crippen LogP contribution < -0.4 is 5.32 Å². The number of aliphatic hydroxyl groups is 1. The van der Waals surface area contributed by atoms with E-state index in [0.717, 1.165) is 5.69 Å². The summed E-state index contributed by atoms with van der Waals surface area (Å²) in [5.74, 6) is -1.05. The number of hydrogen-bond acceptors (Lipinski definition) is 4. The lowest BCUT2D eigenvalue weighted by molar-refractivity contribution is -0.138. The van der Waals surface area contributed by atoms with Gasteiger partial charge >= 0.3 is 5.97 Å². The molecule has 0 saturated heterocycles. The van der Waals surface area contributed by atoms with Crippen LogP contribution in [0.3, 0.4) is 0 Å². The van der Waals surface area contributed by atoms with E-state index in [0.29, 0.717) is 5.56 Å². The molecule has 1 aromatic rings. The Morgan fingerprint density at radius 2 is 1.88 bits per heavy atom. The molecule has 5 heteroatoms. The van der Waals surface area contributed by atoms with E-state index in [4.69, 9.17) is 5.11 Å². The molecule has 17 heavy (non-hydrogen) atoms. The number of anilines is 1. The average molecular weight is 237 g/mol. The second-order valence-corrected chi connectivity index (χ2v) is 3.77. The number of rotatable bonds is 6. The minimum Gasteiger partial charge on any atom is -0.481 e. The highest BCUT2D eigenvalue weighted by Gasteiger charge is 2.08. The molecule has 0 aromatic heterocycles. The van der Waals surface area contributed by atoms with Crippen molar-refractivity contribution < 1.29 is 19.8 Å². The zero-order chi connectivity index (χ0) is 12.8. The normalized spacial score (nSPS) is 11.9. The Kier molecular flexibility index (Phi) is 4.66. The van der Waals surface area contributed by atoms with E-state index >= 15 is 0 Å². The van der Waals surface area contributed by atoms with Crippen molar-refractivity contribution in [3.05, 3.63) is 29.8 Å². The van der Waals surface area contributed by atoms with E-state index in [9.17, 15) is 14.7 Å². The molecule has 3 N–H and O–H groups in total. The molecule has 1 rings (SSSR count). The van der Waals surface area contributed by atoms with Gasteiger partial charge in [-0.05, 0) is 31.2 Å². The Morgan fingerprint density at radius 3 is 2.35 bits per heavy atom. The third kappa shape index (κ3) is 4.65. The lowest BCUT2D eigenvalue weighted by Crippen LogP contribution is -2.22. The van der Waals surface area contributed by atoms with Crippen molar-refractivity contribution in [1.29, 1.82) is 0 Å². The third-order valence-corrected chi connectivity index (χ3v) is 2.24. The summed E-state index contributed by atoms with van der Waals surface area (Å²) < 4.78 is 0. The van der Waals surface area contributed by atoms with E-state index < -0.39 is 12.1 Å². The van der Waals surface area contributed by atoms with Crippen LogP contribution >= 0.6 is 0 Å². The first-order valence-corrected chi connectivity index (χ1v) is 5.24. The first-order valence-electron chi connectivity index (χ1n) is 5.24. The number of aliphatic carboxylic acids is 1. The summed E-state index contributed by atoms with van der Waals surface area (Å²) in [6, 6.07) is 6.77. The van der Waals surface area contributed by atoms with Crippen LogP contribution in [0.25, 0.3) is 0 Å². The van der Waals surface area contributed by atoms with Crippen molar-refractivity contribution in [2.75, 3.05) is 11.9 Å². The van der Waals surface area contributed by atoms with Crippen LogP contribution in [0.15, 0.2) is 24.3 Å². The van der Waals surface area contributed by atoms with E-state index in [1.54, 1.807) is 24.3 Å². The maximum Gasteiger partial charge on any atom is 0.306 e. The first-order chi connectivity index (χ1) is 7.99. The van der Waals surface area contributed by atoms with Crippen LogP contribution in [-0.4, -0.2) is 34.6 Å². The first kappa shape index (κ1) is 13.2. The number of benzene rings is 1. The van der Waals surface area contributed by atoms with E-state index in [-0.39, 0.29) is 18.7 Å². The van der Waals surface area contributed by atoms with Crippen molar-refractivity contribution in [1.82, 2.24) is 0 Å². The highest BCUT2D eigenvalue weighted by Crippen LogP contribution is 2.10. The van der Waals surface area contributed by atoms with Gasteiger partial charge in [-0.1, -0.05) is 0 Å². The van der Waals surface area contributed by atoms with Crippen molar-refractivity contribution in [3.8, 4) is 0 Å². The van der Waals surface area contributed by atoms with E-state index in [1.165, 1.54) is 6.92 Å². The number of carboxylic acid groups (broad SMARTS) is 1. The number of aliphatic hydroxyl groups excluding tert-OH is 1. The Hall–Kier alpha value is -1.88. The smallest absolute Gasteiger partial charge is 0.306 e. The van der Waals surface area contributed by atoms with Gasteiger partial charge in [-0.2, -0.15) is 0 Å². The molecular weight excluding hydrogens is 222 g/mol. The molecular formula is C12H15NO4. The monoisotopic (exact) mass is 237 g/mol. The standard InChI is InChI=1S/C12H15NO4/c1-8(14)9-2-4-10(5-3-9)13-7-11(15)6-12(16)17/h2-5,11,13,15H,6-7H2,1H3,(H,16,17). The number of nitrogens with one attached hydrogen (secondary N) is 1. The van der Waals surface area contributed by atoms with Crippen molar-refractivity contribution >= 4 is 17.4 Å². The predicted molar refractivity (Wildman–Crippen MR) is 63.2 cm³/mol. The van der Waals surface area contributed by atoms with Gasteiger partial charge in [0.15, 0.2) is 5.78 Å². The van der Waals surface area contributed by atoms with Crippen molar-refractivity contribution in [3.63, 3.8) is 0 Å². The maximum atomic E-state index is 11.0. The van der Waals surface area contributed by atoms with Crippen LogP contribution in [0.4, 0.5) is 5.69 Å². The number of carbonyl (C=O) groups excluding carboxylic acids is 1. The molecule has 92 valence electrons. The van der Waals surface area contributed by atoms with E-state index in [2.05, 4.69) is 5.32 Å². The molecule has 0 amide bonds. The molecule has 0 saturated carbocycles. The lowest BCUT2D eigenvalue weighted by Gasteiger charge is -2.10. The summed E-state index contributed by atoms with van der Waals surface area (Å²) in [7, 11) is 0. The Bertz CT molecular complexity index is 399. The van der Waals surface area contributed by atoms with Gasteiger partial charge in [-0.3, -0.25) is 9.59 Å². The Morgan fingerprint density at radius 1 is 1.29 bits per heavy atom. The fourth-order valence-electron chi connectivity index (χ4n) is 1.33. The molecule has 1 aromatic carbocycles. The summed E-state index contributed by atoms with van der Waals surface area (Å²) in [5.41, 5.74) is 1.35. The molecule has 0 fully saturated rings. The fraction of sp³-hybridized carbons (Fsp3) is 0.333. The molecule has 0 bridgehead atoms. The minimum absolute atomic E-state index is 0.0116. The molecule has 0 spiro atoms. The predicted octanol–water partition coefficient (Wildman–Crippen LogP) is 1.14. The summed E-state index contributed by atoms with van der Waals surface area (Å²) >= 11 is 0. The quantitative estimate of drug-likeness (QED) is 0.646. The largest absolute Gasteiger partial charge is 0.481 e. The molecule has 1 atom stereocenters. The zero-order valence-corrected chi connectivity index (χ0v) is 9.51. The molecule has 0 aliphatic heterocycles. The summed E-state index contributed by atoms with van der Waals surface area (Å²) in [4.78, 5) is 21.3. The Labute approximate surface area is 99.1 Å². The van der Waals surface area contributed by atoms with Crippen molar-refractivity contribution in [2.45, 2.75) is 19.4 Å². The number of hydrogen-bond donors (Lipinski definition) is 3. The van der Waals surface area contributed by atoms with Gasteiger partial charge in [0.1, 0.15) is 0 Å². The second-order valence-electron chi connectivity index (χ2n) is 3.77. The van der Waals surface area contributed by atoms with Crippen LogP contribution in [0.2, 0.25) is 0 Å². The zero-order valence-electron chi connectivity index (χ0n) is 9.51.